The molecule has 0 spiro atoms. The number of rotatable bonds is 2. The highest BCUT2D eigenvalue weighted by molar-refractivity contribution is 6.30. The van der Waals surface area contributed by atoms with Crippen LogP contribution in [0.25, 0.3) is 5.32 Å². The molecule has 1 nitrogen and oxygen atoms in total. The lowest BCUT2D eigenvalue weighted by atomic mass is 10.1. The van der Waals surface area contributed by atoms with Gasteiger partial charge < -0.3 is 5.32 Å². The average molecular weight is 181 g/mol. The Morgan fingerprint density at radius 1 is 1.25 bits per heavy atom. The molecule has 0 aromatic heterocycles. The number of nitrogens with zero attached hydrogens (tertiary/aromatic N) is 1. The summed E-state index contributed by atoms with van der Waals surface area (Å²) in [6.07, 6.45) is 2.37. The predicted octanol–water partition coefficient (Wildman–Crippen LogP) is 3.33. The van der Waals surface area contributed by atoms with Crippen molar-refractivity contribution in [3.63, 3.8) is 0 Å². The first kappa shape index (κ1) is 8.09. The Kier molecular flexibility index (Phi) is 1.85. The second-order valence-corrected chi connectivity index (χ2v) is 3.70. The molecular weight excluding hydrogens is 170 g/mol. The van der Waals surface area contributed by atoms with Crippen LogP contribution in [-0.4, -0.2) is 7.05 Å². The van der Waals surface area contributed by atoms with Gasteiger partial charge in [-0.05, 0) is 12.1 Å². The lowest BCUT2D eigenvalue weighted by Crippen LogP contribution is -2.02. The Morgan fingerprint density at radius 2 is 1.83 bits per heavy atom. The van der Waals surface area contributed by atoms with Crippen LogP contribution in [0.4, 0.5) is 0 Å². The van der Waals surface area contributed by atoms with Gasteiger partial charge in [0.25, 0.3) is 0 Å². The SMILES string of the molecule is C[N-]C1(c2ccc(Cl)cc2)CC1. The van der Waals surface area contributed by atoms with Crippen LogP contribution in [0.1, 0.15) is 18.4 Å². The van der Waals surface area contributed by atoms with Crippen molar-refractivity contribution in [2.75, 3.05) is 7.05 Å². The molecular formula is C10H11ClN-. The molecule has 0 unspecified atom stereocenters. The average Bonchev–Trinajstić information content (AvgIpc) is 2.86. The zero-order valence-electron chi connectivity index (χ0n) is 7.05. The van der Waals surface area contributed by atoms with Gasteiger partial charge in [0.2, 0.25) is 0 Å². The smallest absolute Gasteiger partial charge is 0.0406 e. The predicted molar refractivity (Wildman–Crippen MR) is 51.6 cm³/mol. The second-order valence-electron chi connectivity index (χ2n) is 3.26. The standard InChI is InChI=1S/C10H11ClN/c1-12-10(6-7-10)8-2-4-9(11)5-3-8/h2-5H,6-7H2,1H3/q-1. The van der Waals surface area contributed by atoms with Gasteiger partial charge in [0.05, 0.1) is 0 Å². The van der Waals surface area contributed by atoms with Gasteiger partial charge in [-0.15, -0.1) is 0 Å². The van der Waals surface area contributed by atoms with Crippen molar-refractivity contribution >= 4 is 11.6 Å². The van der Waals surface area contributed by atoms with Crippen molar-refractivity contribution in [3.05, 3.63) is 40.2 Å². The van der Waals surface area contributed by atoms with E-state index in [1.54, 1.807) is 0 Å². The third-order valence-corrected chi connectivity index (χ3v) is 2.79. The van der Waals surface area contributed by atoms with Crippen molar-refractivity contribution in [1.29, 1.82) is 0 Å². The highest BCUT2D eigenvalue weighted by Gasteiger charge is 2.32. The van der Waals surface area contributed by atoms with E-state index in [1.165, 1.54) is 18.4 Å². The molecule has 0 heterocycles. The van der Waals surface area contributed by atoms with Gasteiger partial charge in [-0.1, -0.05) is 47.7 Å². The second kappa shape index (κ2) is 2.75. The van der Waals surface area contributed by atoms with E-state index >= 15 is 0 Å². The highest BCUT2D eigenvalue weighted by atomic mass is 35.5. The van der Waals surface area contributed by atoms with Crippen LogP contribution >= 0.6 is 11.6 Å². The van der Waals surface area contributed by atoms with E-state index in [0.717, 1.165) is 5.02 Å². The fourth-order valence-corrected chi connectivity index (χ4v) is 1.65. The van der Waals surface area contributed by atoms with E-state index in [1.807, 2.05) is 19.2 Å². The zero-order valence-corrected chi connectivity index (χ0v) is 7.80. The third kappa shape index (κ3) is 1.23. The molecule has 0 radical (unpaired) electrons. The van der Waals surface area contributed by atoms with Gasteiger partial charge >= 0.3 is 0 Å². The molecule has 1 aliphatic carbocycles. The monoisotopic (exact) mass is 180 g/mol. The van der Waals surface area contributed by atoms with E-state index in [0.29, 0.717) is 0 Å². The Morgan fingerprint density at radius 3 is 2.25 bits per heavy atom. The van der Waals surface area contributed by atoms with E-state index in [4.69, 9.17) is 11.6 Å². The van der Waals surface area contributed by atoms with Crippen LogP contribution in [0.2, 0.25) is 5.02 Å². The molecule has 0 aliphatic heterocycles. The molecule has 2 heteroatoms. The van der Waals surface area contributed by atoms with Crippen LogP contribution < -0.4 is 0 Å². The molecule has 0 N–H and O–H groups in total. The van der Waals surface area contributed by atoms with E-state index in [-0.39, 0.29) is 5.54 Å². The van der Waals surface area contributed by atoms with Gasteiger partial charge in [-0.25, -0.2) is 0 Å². The summed E-state index contributed by atoms with van der Waals surface area (Å²) in [4.78, 5) is 0. The molecule has 64 valence electrons. The van der Waals surface area contributed by atoms with Crippen molar-refractivity contribution in [1.82, 2.24) is 0 Å². The normalized spacial score (nSPS) is 19.2. The van der Waals surface area contributed by atoms with Crippen LogP contribution in [0, 0.1) is 0 Å². The molecule has 0 bridgehead atoms. The maximum atomic E-state index is 5.79. The van der Waals surface area contributed by atoms with Crippen molar-refractivity contribution in [2.45, 2.75) is 18.4 Å². The zero-order chi connectivity index (χ0) is 8.60. The number of benzene rings is 1. The quantitative estimate of drug-likeness (QED) is 0.663. The fourth-order valence-electron chi connectivity index (χ4n) is 1.52. The van der Waals surface area contributed by atoms with E-state index < -0.39 is 0 Å². The molecule has 0 saturated heterocycles. The summed E-state index contributed by atoms with van der Waals surface area (Å²) in [5.41, 5.74) is 1.44. The Bertz CT molecular complexity index is 274. The van der Waals surface area contributed by atoms with Crippen LogP contribution in [0.3, 0.4) is 0 Å². The van der Waals surface area contributed by atoms with Gasteiger partial charge in [-0.3, -0.25) is 0 Å². The van der Waals surface area contributed by atoms with Crippen molar-refractivity contribution in [3.8, 4) is 0 Å². The maximum absolute atomic E-state index is 5.79. The van der Waals surface area contributed by atoms with Gasteiger partial charge in [0, 0.05) is 5.02 Å². The van der Waals surface area contributed by atoms with Gasteiger partial charge in [0.1, 0.15) is 0 Å². The maximum Gasteiger partial charge on any atom is 0.0406 e. The first-order valence-electron chi connectivity index (χ1n) is 4.14. The molecule has 0 amide bonds. The molecule has 1 fully saturated rings. The largest absolute Gasteiger partial charge is 0.656 e. The molecule has 2 rings (SSSR count). The Balaban J connectivity index is 2.29. The first-order valence-corrected chi connectivity index (χ1v) is 4.52. The summed E-state index contributed by atoms with van der Waals surface area (Å²) < 4.78 is 0. The van der Waals surface area contributed by atoms with E-state index in [9.17, 15) is 0 Å². The van der Waals surface area contributed by atoms with Crippen LogP contribution in [-0.2, 0) is 5.54 Å². The fraction of sp³-hybridized carbons (Fsp3) is 0.400. The molecule has 1 aliphatic rings. The summed E-state index contributed by atoms with van der Waals surface area (Å²) in [5.74, 6) is 0. The topological polar surface area (TPSA) is 14.1 Å². The summed E-state index contributed by atoms with van der Waals surface area (Å²) >= 11 is 5.79. The number of halogens is 1. The Hall–Kier alpha value is -0.530. The Labute approximate surface area is 77.7 Å². The minimum absolute atomic E-state index is 0.143. The van der Waals surface area contributed by atoms with Gasteiger partial charge in [0.15, 0.2) is 0 Å². The highest BCUT2D eigenvalue weighted by Crippen LogP contribution is 2.51. The molecule has 1 aromatic rings. The first-order chi connectivity index (χ1) is 5.77. The minimum Gasteiger partial charge on any atom is -0.656 e. The lowest BCUT2D eigenvalue weighted by Gasteiger charge is -2.27. The molecule has 0 atom stereocenters. The van der Waals surface area contributed by atoms with Gasteiger partial charge in [-0.2, -0.15) is 7.05 Å². The minimum atomic E-state index is 0.143. The van der Waals surface area contributed by atoms with E-state index in [2.05, 4.69) is 17.4 Å². The molecule has 1 aromatic carbocycles. The van der Waals surface area contributed by atoms with Crippen LogP contribution in [0.5, 0.6) is 0 Å². The summed E-state index contributed by atoms with van der Waals surface area (Å²) in [6, 6.07) is 8.01. The molecule has 12 heavy (non-hydrogen) atoms. The lowest BCUT2D eigenvalue weighted by molar-refractivity contribution is 0.840. The van der Waals surface area contributed by atoms with Crippen molar-refractivity contribution in [2.24, 2.45) is 0 Å². The summed E-state index contributed by atoms with van der Waals surface area (Å²) in [5, 5.41) is 5.19. The number of hydrogen-bond acceptors (Lipinski definition) is 0. The van der Waals surface area contributed by atoms with Crippen LogP contribution in [0.15, 0.2) is 24.3 Å². The molecule has 1 saturated carbocycles. The summed E-state index contributed by atoms with van der Waals surface area (Å²) in [6.45, 7) is 0. The third-order valence-electron chi connectivity index (χ3n) is 2.53. The number of hydrogen-bond donors (Lipinski definition) is 0. The summed E-state index contributed by atoms with van der Waals surface area (Å²) in [7, 11) is 1.89. The van der Waals surface area contributed by atoms with Crippen molar-refractivity contribution < 1.29 is 0 Å².